The van der Waals surface area contributed by atoms with Gasteiger partial charge in [0, 0.05) is 6.07 Å². The number of carbonyl (C=O) groups excluding carboxylic acids is 2. The lowest BCUT2D eigenvalue weighted by Gasteiger charge is -2.26. The molecule has 1 aromatic rings. The summed E-state index contributed by atoms with van der Waals surface area (Å²) in [6.07, 6.45) is 4.03. The fraction of sp³-hybridized carbons (Fsp3) is 0.412. The van der Waals surface area contributed by atoms with Crippen LogP contribution in [0, 0.1) is 27.9 Å². The summed E-state index contributed by atoms with van der Waals surface area (Å²) in [5.41, 5.74) is 0.200. The van der Waals surface area contributed by atoms with Gasteiger partial charge < -0.3 is 14.8 Å². The summed E-state index contributed by atoms with van der Waals surface area (Å²) in [6.45, 7) is -0.220. The van der Waals surface area contributed by atoms with Crippen molar-refractivity contribution in [1.29, 1.82) is 0 Å². The lowest BCUT2D eigenvalue weighted by Crippen LogP contribution is -2.46. The number of nitro benzene ring substituents is 1. The minimum atomic E-state index is -0.710. The molecular weight excluding hydrogens is 328 g/mol. The van der Waals surface area contributed by atoms with Crippen LogP contribution in [0.25, 0.3) is 0 Å². The number of ether oxygens (including phenoxy) is 2. The topological polar surface area (TPSA) is 108 Å². The maximum Gasteiger partial charge on any atom is 0.407 e. The molecule has 2 aliphatic carbocycles. The van der Waals surface area contributed by atoms with Gasteiger partial charge in [0.25, 0.3) is 5.69 Å². The van der Waals surface area contributed by atoms with Gasteiger partial charge in [0.1, 0.15) is 6.61 Å². The van der Waals surface area contributed by atoms with Crippen molar-refractivity contribution in [3.05, 3.63) is 52.1 Å². The first kappa shape index (κ1) is 16.9. The highest BCUT2D eigenvalue weighted by molar-refractivity contribution is 5.77. The van der Waals surface area contributed by atoms with Crippen LogP contribution >= 0.6 is 0 Å². The molecule has 0 aromatic heterocycles. The molecule has 8 heteroatoms. The van der Waals surface area contributed by atoms with Gasteiger partial charge in [-0.2, -0.15) is 0 Å². The number of nitrogens with one attached hydrogen (secondary N) is 1. The summed E-state index contributed by atoms with van der Waals surface area (Å²) in [7, 11) is 1.32. The number of para-hydroxylation sites is 1. The molecule has 1 aromatic carbocycles. The molecule has 1 amide bonds. The minimum absolute atomic E-state index is 0.0537. The van der Waals surface area contributed by atoms with Crippen LogP contribution in [-0.2, 0) is 20.9 Å². The third-order valence-electron chi connectivity index (χ3n) is 4.76. The summed E-state index contributed by atoms with van der Waals surface area (Å²) >= 11 is 0. The number of alkyl carbamates (subject to hydrolysis) is 1. The van der Waals surface area contributed by atoms with E-state index in [2.05, 4.69) is 5.32 Å². The molecule has 0 saturated heterocycles. The van der Waals surface area contributed by atoms with Gasteiger partial charge in [-0.3, -0.25) is 14.9 Å². The molecule has 0 heterocycles. The Morgan fingerprint density at radius 2 is 2.00 bits per heavy atom. The minimum Gasteiger partial charge on any atom is -0.469 e. The fourth-order valence-electron chi connectivity index (χ4n) is 3.61. The van der Waals surface area contributed by atoms with Crippen LogP contribution in [0.5, 0.6) is 0 Å². The second kappa shape index (κ2) is 6.92. The highest BCUT2D eigenvalue weighted by atomic mass is 16.6. The molecule has 1 fully saturated rings. The average Bonchev–Trinajstić information content (AvgIpc) is 3.21. The van der Waals surface area contributed by atoms with Gasteiger partial charge in [0.2, 0.25) is 0 Å². The largest absolute Gasteiger partial charge is 0.469 e. The summed E-state index contributed by atoms with van der Waals surface area (Å²) in [5, 5.41) is 13.7. The maximum absolute atomic E-state index is 12.1. The van der Waals surface area contributed by atoms with E-state index in [1.54, 1.807) is 12.1 Å². The van der Waals surface area contributed by atoms with Gasteiger partial charge >= 0.3 is 12.1 Å². The molecule has 132 valence electrons. The maximum atomic E-state index is 12.1. The van der Waals surface area contributed by atoms with Crippen molar-refractivity contribution in [2.75, 3.05) is 7.11 Å². The third kappa shape index (κ3) is 3.33. The number of nitrogens with zero attached hydrogens (tertiary/aromatic N) is 1. The molecule has 0 spiro atoms. The Hall–Kier alpha value is -2.90. The Balaban J connectivity index is 1.62. The summed E-state index contributed by atoms with van der Waals surface area (Å²) in [5.74, 6) is -0.676. The van der Waals surface area contributed by atoms with E-state index in [0.29, 0.717) is 5.56 Å². The van der Waals surface area contributed by atoms with E-state index >= 15 is 0 Å². The number of esters is 1. The highest BCUT2D eigenvalue weighted by Gasteiger charge is 2.49. The SMILES string of the molecule is COC(=O)[C@@H]1[C@H](NC(=O)OCc2ccccc2[N+](=O)[O-])[C@@H]2C=C[C@H]1C2. The van der Waals surface area contributed by atoms with E-state index in [1.807, 2.05) is 12.2 Å². The van der Waals surface area contributed by atoms with Crippen molar-refractivity contribution in [3.8, 4) is 0 Å². The zero-order chi connectivity index (χ0) is 18.0. The van der Waals surface area contributed by atoms with Gasteiger partial charge in [-0.05, 0) is 24.3 Å². The molecule has 0 unspecified atom stereocenters. The monoisotopic (exact) mass is 346 g/mol. The molecule has 0 radical (unpaired) electrons. The van der Waals surface area contributed by atoms with Gasteiger partial charge in [-0.1, -0.05) is 24.3 Å². The Labute approximate surface area is 143 Å². The van der Waals surface area contributed by atoms with Crippen molar-refractivity contribution < 1.29 is 24.0 Å². The summed E-state index contributed by atoms with van der Waals surface area (Å²) in [6, 6.07) is 5.68. The van der Waals surface area contributed by atoms with E-state index in [9.17, 15) is 19.7 Å². The zero-order valence-electron chi connectivity index (χ0n) is 13.6. The Bertz CT molecular complexity index is 732. The molecule has 2 aliphatic rings. The molecule has 0 aliphatic heterocycles. The predicted molar refractivity (Wildman–Crippen MR) is 86.4 cm³/mol. The number of hydrogen-bond acceptors (Lipinski definition) is 6. The van der Waals surface area contributed by atoms with Gasteiger partial charge in [-0.15, -0.1) is 0 Å². The second-order valence-electron chi connectivity index (χ2n) is 6.13. The smallest absolute Gasteiger partial charge is 0.407 e. The van der Waals surface area contributed by atoms with Gasteiger partial charge in [0.05, 0.1) is 29.6 Å². The first-order valence-corrected chi connectivity index (χ1v) is 7.93. The van der Waals surface area contributed by atoms with Crippen LogP contribution in [0.15, 0.2) is 36.4 Å². The van der Waals surface area contributed by atoms with Crippen molar-refractivity contribution in [3.63, 3.8) is 0 Å². The Morgan fingerprint density at radius 1 is 1.28 bits per heavy atom. The highest BCUT2D eigenvalue weighted by Crippen LogP contribution is 2.44. The van der Waals surface area contributed by atoms with Crippen molar-refractivity contribution in [2.45, 2.75) is 19.1 Å². The number of allylic oxidation sites excluding steroid dienone is 1. The zero-order valence-corrected chi connectivity index (χ0v) is 13.6. The molecule has 25 heavy (non-hydrogen) atoms. The molecule has 3 rings (SSSR count). The van der Waals surface area contributed by atoms with E-state index in [1.165, 1.54) is 19.2 Å². The van der Waals surface area contributed by atoms with Crippen LogP contribution in [0.1, 0.15) is 12.0 Å². The summed E-state index contributed by atoms with van der Waals surface area (Å²) in [4.78, 5) is 34.5. The Kier molecular flexibility index (Phi) is 4.69. The molecule has 1 N–H and O–H groups in total. The van der Waals surface area contributed by atoms with E-state index in [0.717, 1.165) is 6.42 Å². The van der Waals surface area contributed by atoms with Crippen molar-refractivity contribution in [2.24, 2.45) is 17.8 Å². The van der Waals surface area contributed by atoms with E-state index in [-0.39, 0.29) is 36.1 Å². The standard InChI is InChI=1S/C17H18N2O6/c1-24-16(20)14-10-6-7-11(8-10)15(14)18-17(21)25-9-12-4-2-3-5-13(12)19(22)23/h2-7,10-11,14-15H,8-9H2,1H3,(H,18,21)/t10-,11+,14-,15+/m0/s1. The normalized spacial score (nSPS) is 26.3. The molecule has 2 bridgehead atoms. The number of benzene rings is 1. The van der Waals surface area contributed by atoms with Crippen LogP contribution in [0.2, 0.25) is 0 Å². The van der Waals surface area contributed by atoms with E-state index in [4.69, 9.17) is 9.47 Å². The number of hydrogen-bond donors (Lipinski definition) is 1. The third-order valence-corrected chi connectivity index (χ3v) is 4.76. The number of rotatable bonds is 5. The first-order chi connectivity index (χ1) is 12.0. The molecule has 4 atom stereocenters. The summed E-state index contributed by atoms with van der Waals surface area (Å²) < 4.78 is 9.95. The van der Waals surface area contributed by atoms with Crippen LogP contribution in [0.4, 0.5) is 10.5 Å². The lowest BCUT2D eigenvalue weighted by atomic mass is 9.89. The van der Waals surface area contributed by atoms with Crippen LogP contribution in [-0.4, -0.2) is 30.1 Å². The molecule has 1 saturated carbocycles. The van der Waals surface area contributed by atoms with Crippen LogP contribution < -0.4 is 5.32 Å². The fourth-order valence-corrected chi connectivity index (χ4v) is 3.61. The predicted octanol–water partition coefficient (Wildman–Crippen LogP) is 2.18. The Morgan fingerprint density at radius 3 is 2.72 bits per heavy atom. The van der Waals surface area contributed by atoms with E-state index < -0.39 is 16.9 Å². The lowest BCUT2D eigenvalue weighted by molar-refractivity contribution is -0.385. The van der Waals surface area contributed by atoms with Crippen molar-refractivity contribution in [1.82, 2.24) is 5.32 Å². The van der Waals surface area contributed by atoms with Crippen LogP contribution in [0.3, 0.4) is 0 Å². The molecular formula is C17H18N2O6. The number of amides is 1. The molecule has 8 nitrogen and oxygen atoms in total. The number of nitro groups is 1. The quantitative estimate of drug-likeness (QED) is 0.379. The van der Waals surface area contributed by atoms with Crippen molar-refractivity contribution >= 4 is 17.7 Å². The number of fused-ring (bicyclic) bond motifs is 2. The first-order valence-electron chi connectivity index (χ1n) is 7.93. The second-order valence-corrected chi connectivity index (χ2v) is 6.13. The van der Waals surface area contributed by atoms with Gasteiger partial charge in [0.15, 0.2) is 0 Å². The average molecular weight is 346 g/mol. The number of carbonyl (C=O) groups is 2. The number of methoxy groups -OCH3 is 1. The van der Waals surface area contributed by atoms with Gasteiger partial charge in [-0.25, -0.2) is 4.79 Å².